The van der Waals surface area contributed by atoms with Crippen molar-refractivity contribution in [1.29, 1.82) is 0 Å². The summed E-state index contributed by atoms with van der Waals surface area (Å²) < 4.78 is 0. The Morgan fingerprint density at radius 1 is 1.33 bits per heavy atom. The molecular weight excluding hydrogens is 216 g/mol. The predicted molar refractivity (Wildman–Crippen MR) is 57.6 cm³/mol. The van der Waals surface area contributed by atoms with E-state index in [1.54, 1.807) is 0 Å². The molecule has 0 spiro atoms. The van der Waals surface area contributed by atoms with E-state index in [2.05, 4.69) is 6.58 Å². The number of ketones is 1. The smallest absolute Gasteiger partial charge is 0.336 e. The first kappa shape index (κ1) is 11.5. The summed E-state index contributed by atoms with van der Waals surface area (Å²) in [6.07, 6.45) is 0. The molecule has 0 amide bonds. The molecule has 0 aliphatic carbocycles. The lowest BCUT2D eigenvalue weighted by Crippen LogP contribution is -2.08. The van der Waals surface area contributed by atoms with Crippen LogP contribution in [0.3, 0.4) is 0 Å². The van der Waals surface area contributed by atoms with Crippen molar-refractivity contribution in [3.63, 3.8) is 0 Å². The molecule has 1 aromatic rings. The zero-order chi connectivity index (χ0) is 11.6. The van der Waals surface area contributed by atoms with Gasteiger partial charge in [0.2, 0.25) is 0 Å². The molecule has 4 heteroatoms. The Kier molecular flexibility index (Phi) is 3.27. The Hall–Kier alpha value is -1.61. The number of Topliss-reactive ketones (excluding diaryl/α,β-unsaturated/α-hetero) is 1. The van der Waals surface area contributed by atoms with Gasteiger partial charge >= 0.3 is 5.97 Å². The average Bonchev–Trinajstić information content (AvgIpc) is 2.15. The third-order valence-electron chi connectivity index (χ3n) is 1.84. The molecule has 0 heterocycles. The fourth-order valence-electron chi connectivity index (χ4n) is 1.12. The van der Waals surface area contributed by atoms with Gasteiger partial charge in [0.15, 0.2) is 5.78 Å². The fraction of sp³-hybridized carbons (Fsp3) is 0.0909. The van der Waals surface area contributed by atoms with E-state index in [1.165, 1.54) is 25.1 Å². The normalized spacial score (nSPS) is 9.73. The third-order valence-corrected chi connectivity index (χ3v) is 2.08. The Morgan fingerprint density at radius 2 is 1.93 bits per heavy atom. The molecule has 0 aliphatic rings. The van der Waals surface area contributed by atoms with E-state index in [0.717, 1.165) is 0 Å². The maximum absolute atomic E-state index is 11.6. The number of carbonyl (C=O) groups is 2. The molecule has 0 radical (unpaired) electrons. The Morgan fingerprint density at radius 3 is 2.40 bits per heavy atom. The van der Waals surface area contributed by atoms with E-state index in [0.29, 0.717) is 5.02 Å². The molecule has 3 nitrogen and oxygen atoms in total. The van der Waals surface area contributed by atoms with Crippen LogP contribution in [0.25, 0.3) is 0 Å². The summed E-state index contributed by atoms with van der Waals surface area (Å²) in [6, 6.07) is 4.07. The highest BCUT2D eigenvalue weighted by Gasteiger charge is 2.16. The number of hydrogen-bond donors (Lipinski definition) is 1. The minimum Gasteiger partial charge on any atom is -0.478 e. The summed E-state index contributed by atoms with van der Waals surface area (Å²) in [6.45, 7) is 5.00. The van der Waals surface area contributed by atoms with Gasteiger partial charge in [-0.15, -0.1) is 0 Å². The molecule has 1 N–H and O–H groups in total. The maximum Gasteiger partial charge on any atom is 0.336 e. The molecule has 0 saturated carbocycles. The summed E-state index contributed by atoms with van der Waals surface area (Å²) in [7, 11) is 0. The Labute approximate surface area is 92.0 Å². The largest absolute Gasteiger partial charge is 0.478 e. The van der Waals surface area contributed by atoms with Gasteiger partial charge in [0, 0.05) is 10.6 Å². The second kappa shape index (κ2) is 4.28. The van der Waals surface area contributed by atoms with Crippen molar-refractivity contribution in [2.45, 2.75) is 6.92 Å². The van der Waals surface area contributed by atoms with Crippen LogP contribution in [0.2, 0.25) is 5.02 Å². The van der Waals surface area contributed by atoms with Gasteiger partial charge in [-0.25, -0.2) is 4.79 Å². The van der Waals surface area contributed by atoms with Crippen LogP contribution in [0.15, 0.2) is 30.4 Å². The summed E-state index contributed by atoms with van der Waals surface area (Å²) in [5.74, 6) is -1.56. The zero-order valence-corrected chi connectivity index (χ0v) is 8.84. The van der Waals surface area contributed by atoms with Crippen LogP contribution in [0.5, 0.6) is 0 Å². The van der Waals surface area contributed by atoms with E-state index >= 15 is 0 Å². The van der Waals surface area contributed by atoms with Crippen LogP contribution < -0.4 is 0 Å². The average molecular weight is 225 g/mol. The summed E-state index contributed by atoms with van der Waals surface area (Å²) in [4.78, 5) is 22.4. The SMILES string of the molecule is C=C(C)C(=O)c1cc(Cl)ccc1C(=O)O. The Balaban J connectivity index is 3.37. The highest BCUT2D eigenvalue weighted by Crippen LogP contribution is 2.18. The van der Waals surface area contributed by atoms with Gasteiger partial charge in [-0.2, -0.15) is 0 Å². The minimum atomic E-state index is -1.16. The molecule has 78 valence electrons. The van der Waals surface area contributed by atoms with Crippen LogP contribution in [0, 0.1) is 0 Å². The molecule has 15 heavy (non-hydrogen) atoms. The molecular formula is C11H9ClO3. The van der Waals surface area contributed by atoms with Crippen molar-refractivity contribution in [1.82, 2.24) is 0 Å². The van der Waals surface area contributed by atoms with Crippen molar-refractivity contribution in [3.8, 4) is 0 Å². The quantitative estimate of drug-likeness (QED) is 0.635. The lowest BCUT2D eigenvalue weighted by atomic mass is 10.00. The summed E-state index contributed by atoms with van der Waals surface area (Å²) in [5.41, 5.74) is 0.287. The first-order chi connectivity index (χ1) is 6.93. The van der Waals surface area contributed by atoms with Crippen LogP contribution >= 0.6 is 11.6 Å². The first-order valence-electron chi connectivity index (χ1n) is 4.16. The van der Waals surface area contributed by atoms with Crippen molar-refractivity contribution in [2.75, 3.05) is 0 Å². The molecule has 0 bridgehead atoms. The van der Waals surface area contributed by atoms with Gasteiger partial charge in [-0.3, -0.25) is 4.79 Å². The number of aromatic carboxylic acids is 1. The van der Waals surface area contributed by atoms with E-state index in [4.69, 9.17) is 16.7 Å². The van der Waals surface area contributed by atoms with Crippen molar-refractivity contribution < 1.29 is 14.7 Å². The van der Waals surface area contributed by atoms with E-state index in [-0.39, 0.29) is 16.7 Å². The molecule has 0 saturated heterocycles. The van der Waals surface area contributed by atoms with Crippen molar-refractivity contribution in [3.05, 3.63) is 46.5 Å². The van der Waals surface area contributed by atoms with Crippen LogP contribution in [-0.4, -0.2) is 16.9 Å². The molecule has 0 aliphatic heterocycles. The van der Waals surface area contributed by atoms with E-state index in [9.17, 15) is 9.59 Å². The molecule has 1 rings (SSSR count). The lowest BCUT2D eigenvalue weighted by molar-refractivity contribution is 0.0693. The highest BCUT2D eigenvalue weighted by molar-refractivity contribution is 6.31. The molecule has 0 fully saturated rings. The highest BCUT2D eigenvalue weighted by atomic mass is 35.5. The summed E-state index contributed by atoms with van der Waals surface area (Å²) in [5, 5.41) is 9.19. The second-order valence-corrected chi connectivity index (χ2v) is 3.54. The number of allylic oxidation sites excluding steroid dienone is 1. The van der Waals surface area contributed by atoms with Crippen LogP contribution in [0.1, 0.15) is 27.6 Å². The first-order valence-corrected chi connectivity index (χ1v) is 4.54. The van der Waals surface area contributed by atoms with Crippen LogP contribution in [-0.2, 0) is 0 Å². The number of carbonyl (C=O) groups excluding carboxylic acids is 1. The third kappa shape index (κ3) is 2.44. The van der Waals surface area contributed by atoms with Gasteiger partial charge < -0.3 is 5.11 Å². The van der Waals surface area contributed by atoms with Gasteiger partial charge in [0.05, 0.1) is 5.56 Å². The molecule has 1 aromatic carbocycles. The molecule has 0 unspecified atom stereocenters. The standard InChI is InChI=1S/C11H9ClO3/c1-6(2)10(13)9-5-7(12)3-4-8(9)11(14)15/h3-5H,1H2,2H3,(H,14,15). The number of halogens is 1. The lowest BCUT2D eigenvalue weighted by Gasteiger charge is -2.05. The van der Waals surface area contributed by atoms with Gasteiger partial charge in [-0.05, 0) is 30.7 Å². The monoisotopic (exact) mass is 224 g/mol. The fourth-order valence-corrected chi connectivity index (χ4v) is 1.29. The number of hydrogen-bond acceptors (Lipinski definition) is 2. The minimum absolute atomic E-state index is 0.0626. The number of carboxylic acid groups (broad SMARTS) is 1. The predicted octanol–water partition coefficient (Wildman–Crippen LogP) is 2.80. The van der Waals surface area contributed by atoms with Crippen molar-refractivity contribution in [2.24, 2.45) is 0 Å². The number of benzene rings is 1. The molecule has 0 aromatic heterocycles. The topological polar surface area (TPSA) is 54.4 Å². The number of rotatable bonds is 3. The Bertz CT molecular complexity index is 449. The van der Waals surface area contributed by atoms with Crippen molar-refractivity contribution >= 4 is 23.4 Å². The van der Waals surface area contributed by atoms with Gasteiger partial charge in [0.1, 0.15) is 0 Å². The zero-order valence-electron chi connectivity index (χ0n) is 8.08. The number of carboxylic acids is 1. The van der Waals surface area contributed by atoms with Gasteiger partial charge in [0.25, 0.3) is 0 Å². The maximum atomic E-state index is 11.6. The molecule has 0 atom stereocenters. The van der Waals surface area contributed by atoms with E-state index in [1.807, 2.05) is 0 Å². The second-order valence-electron chi connectivity index (χ2n) is 3.10. The van der Waals surface area contributed by atoms with Crippen LogP contribution in [0.4, 0.5) is 0 Å². The van der Waals surface area contributed by atoms with E-state index < -0.39 is 11.8 Å². The van der Waals surface area contributed by atoms with Gasteiger partial charge in [-0.1, -0.05) is 18.2 Å². The summed E-state index contributed by atoms with van der Waals surface area (Å²) >= 11 is 5.70.